The molecule has 4 N–H and O–H groups in total. The molecule has 108 valence electrons. The molecule has 0 fully saturated rings. The van der Waals surface area contributed by atoms with Gasteiger partial charge in [0.25, 0.3) is 0 Å². The topological polar surface area (TPSA) is 114 Å². The molecule has 0 aliphatic heterocycles. The minimum atomic E-state index is -4.21. The molecule has 1 unspecified atom stereocenters. The van der Waals surface area contributed by atoms with Gasteiger partial charge in [0.2, 0.25) is 10.0 Å². The largest absolute Gasteiger partial charge is 0.394 e. The van der Waals surface area contributed by atoms with Crippen molar-refractivity contribution in [2.45, 2.75) is 17.9 Å². The quantitative estimate of drug-likeness (QED) is 0.720. The minimum absolute atomic E-state index is 0.254. The highest BCUT2D eigenvalue weighted by Crippen LogP contribution is 2.23. The highest BCUT2D eigenvalue weighted by Gasteiger charge is 2.25. The maximum atomic E-state index is 13.7. The van der Waals surface area contributed by atoms with Crippen molar-refractivity contribution in [1.29, 1.82) is 0 Å². The fourth-order valence-electron chi connectivity index (χ4n) is 1.53. The van der Waals surface area contributed by atoms with Gasteiger partial charge in [-0.05, 0) is 19.1 Å². The molecule has 20 heavy (non-hydrogen) atoms. The molecule has 1 aromatic heterocycles. The molecule has 7 nitrogen and oxygen atoms in total. The molecule has 0 aliphatic rings. The molecule has 0 amide bonds. The average Bonchev–Trinajstić information content (AvgIpc) is 2.89. The van der Waals surface area contributed by atoms with Gasteiger partial charge in [-0.3, -0.25) is 5.10 Å². The third kappa shape index (κ3) is 2.60. The number of benzene rings is 1. The lowest BCUT2D eigenvalue weighted by Gasteiger charge is -2.13. The van der Waals surface area contributed by atoms with Crippen LogP contribution in [0.4, 0.5) is 14.5 Å². The van der Waals surface area contributed by atoms with E-state index in [4.69, 9.17) is 5.73 Å². The number of halogens is 2. The first-order chi connectivity index (χ1) is 9.33. The number of nitrogen functional groups attached to an aromatic ring is 1. The lowest BCUT2D eigenvalue weighted by atomic mass is 10.3. The second kappa shape index (κ2) is 5.13. The van der Waals surface area contributed by atoms with Gasteiger partial charge < -0.3 is 5.73 Å². The number of aromatic amines is 1. The van der Waals surface area contributed by atoms with Crippen molar-refractivity contribution in [1.82, 2.24) is 19.9 Å². The predicted molar refractivity (Wildman–Crippen MR) is 65.9 cm³/mol. The summed E-state index contributed by atoms with van der Waals surface area (Å²) in [6.45, 7) is 1.49. The fourth-order valence-corrected chi connectivity index (χ4v) is 2.83. The Bertz CT molecular complexity index is 717. The van der Waals surface area contributed by atoms with Crippen molar-refractivity contribution in [3.05, 3.63) is 35.9 Å². The molecule has 2 rings (SSSR count). The molecule has 0 bridgehead atoms. The van der Waals surface area contributed by atoms with Crippen molar-refractivity contribution >= 4 is 15.7 Å². The van der Waals surface area contributed by atoms with E-state index >= 15 is 0 Å². The molecule has 0 saturated carbocycles. The van der Waals surface area contributed by atoms with Crippen LogP contribution in [0, 0.1) is 11.6 Å². The van der Waals surface area contributed by atoms with Gasteiger partial charge in [-0.15, -0.1) is 0 Å². The Morgan fingerprint density at radius 1 is 1.40 bits per heavy atom. The van der Waals surface area contributed by atoms with Crippen molar-refractivity contribution in [2.75, 3.05) is 5.73 Å². The molecule has 10 heteroatoms. The Kier molecular flexibility index (Phi) is 3.68. The first-order valence-corrected chi connectivity index (χ1v) is 6.92. The van der Waals surface area contributed by atoms with Gasteiger partial charge in [-0.1, -0.05) is 0 Å². The van der Waals surface area contributed by atoms with E-state index in [-0.39, 0.29) is 5.82 Å². The molecule has 2 aromatic rings. The lowest BCUT2D eigenvalue weighted by Crippen LogP contribution is -2.28. The number of nitrogens with one attached hydrogen (secondary N) is 2. The zero-order chi connectivity index (χ0) is 14.9. The van der Waals surface area contributed by atoms with Gasteiger partial charge in [-0.2, -0.15) is 5.10 Å². The van der Waals surface area contributed by atoms with Crippen molar-refractivity contribution in [2.24, 2.45) is 0 Å². The zero-order valence-electron chi connectivity index (χ0n) is 10.3. The summed E-state index contributed by atoms with van der Waals surface area (Å²) in [6, 6.07) is 0.816. The number of rotatable bonds is 4. The normalized spacial score (nSPS) is 13.3. The number of hydrogen-bond acceptors (Lipinski definition) is 5. The summed E-state index contributed by atoms with van der Waals surface area (Å²) in [5.41, 5.74) is 4.29. The van der Waals surface area contributed by atoms with E-state index in [1.54, 1.807) is 0 Å². The number of sulfonamides is 1. The number of nitrogens with two attached hydrogens (primary N) is 1. The van der Waals surface area contributed by atoms with E-state index in [1.165, 1.54) is 13.3 Å². The number of hydrogen-bond donors (Lipinski definition) is 3. The van der Waals surface area contributed by atoms with Crippen LogP contribution >= 0.6 is 0 Å². The maximum Gasteiger partial charge on any atom is 0.244 e. The van der Waals surface area contributed by atoms with Gasteiger partial charge >= 0.3 is 0 Å². The zero-order valence-corrected chi connectivity index (χ0v) is 11.1. The predicted octanol–water partition coefficient (Wildman–Crippen LogP) is 0.705. The Labute approximate surface area is 113 Å². The second-order valence-electron chi connectivity index (χ2n) is 3.99. The Balaban J connectivity index is 2.34. The SMILES string of the molecule is CC(NS(=O)(=O)c1ccc(F)c(N)c1F)c1ncn[nH]1. The molecule has 1 heterocycles. The van der Waals surface area contributed by atoms with Crippen LogP contribution in [0.5, 0.6) is 0 Å². The van der Waals surface area contributed by atoms with E-state index in [1.807, 2.05) is 0 Å². The molecule has 0 spiro atoms. The van der Waals surface area contributed by atoms with Crippen molar-refractivity contribution in [3.8, 4) is 0 Å². The standard InChI is InChI=1S/C10H11F2N5O2S/c1-5(10-14-4-15-16-10)17-20(18,19)7-3-2-6(11)9(13)8(7)12/h2-5,17H,13H2,1H3,(H,14,15,16). The van der Waals surface area contributed by atoms with Crippen LogP contribution < -0.4 is 10.5 Å². The van der Waals surface area contributed by atoms with Gasteiger partial charge in [0, 0.05) is 0 Å². The third-order valence-electron chi connectivity index (χ3n) is 2.56. The highest BCUT2D eigenvalue weighted by atomic mass is 32.2. The number of aromatic nitrogens is 3. The summed E-state index contributed by atoms with van der Waals surface area (Å²) < 4.78 is 53.0. The Morgan fingerprint density at radius 2 is 2.10 bits per heavy atom. The Hall–Kier alpha value is -2.07. The third-order valence-corrected chi connectivity index (χ3v) is 4.11. The van der Waals surface area contributed by atoms with Gasteiger partial charge in [-0.25, -0.2) is 26.9 Å². The smallest absolute Gasteiger partial charge is 0.244 e. The molecular formula is C10H11F2N5O2S. The first kappa shape index (κ1) is 14.3. The summed E-state index contributed by atoms with van der Waals surface area (Å²) in [6.07, 6.45) is 1.20. The van der Waals surface area contributed by atoms with Gasteiger partial charge in [0.15, 0.2) is 5.82 Å². The van der Waals surface area contributed by atoms with Crippen molar-refractivity contribution < 1.29 is 17.2 Å². The molecule has 0 radical (unpaired) electrons. The van der Waals surface area contributed by atoms with Crippen LogP contribution in [0.25, 0.3) is 0 Å². The number of anilines is 1. The first-order valence-electron chi connectivity index (χ1n) is 5.44. The molecule has 0 saturated heterocycles. The summed E-state index contributed by atoms with van der Waals surface area (Å²) in [5.74, 6) is -2.10. The maximum absolute atomic E-state index is 13.7. The summed E-state index contributed by atoms with van der Waals surface area (Å²) >= 11 is 0. The molecular weight excluding hydrogens is 292 g/mol. The summed E-state index contributed by atoms with van der Waals surface area (Å²) in [4.78, 5) is 3.04. The summed E-state index contributed by atoms with van der Waals surface area (Å²) in [7, 11) is -4.21. The van der Waals surface area contributed by atoms with Crippen LogP contribution in [-0.2, 0) is 10.0 Å². The van der Waals surface area contributed by atoms with Crippen LogP contribution in [0.2, 0.25) is 0 Å². The second-order valence-corrected chi connectivity index (χ2v) is 5.67. The van der Waals surface area contributed by atoms with Crippen LogP contribution in [0.15, 0.2) is 23.4 Å². The summed E-state index contributed by atoms with van der Waals surface area (Å²) in [5, 5.41) is 6.05. The van der Waals surface area contributed by atoms with Crippen LogP contribution in [0.1, 0.15) is 18.8 Å². The minimum Gasteiger partial charge on any atom is -0.394 e. The van der Waals surface area contributed by atoms with E-state index < -0.39 is 38.3 Å². The van der Waals surface area contributed by atoms with E-state index in [0.29, 0.717) is 0 Å². The average molecular weight is 303 g/mol. The molecule has 1 atom stereocenters. The Morgan fingerprint density at radius 3 is 2.70 bits per heavy atom. The van der Waals surface area contributed by atoms with E-state index in [9.17, 15) is 17.2 Å². The lowest BCUT2D eigenvalue weighted by molar-refractivity contribution is 0.537. The van der Waals surface area contributed by atoms with Crippen molar-refractivity contribution in [3.63, 3.8) is 0 Å². The molecule has 1 aromatic carbocycles. The number of nitrogens with zero attached hydrogens (tertiary/aromatic N) is 2. The number of H-pyrrole nitrogens is 1. The van der Waals surface area contributed by atoms with Crippen LogP contribution in [-0.4, -0.2) is 23.6 Å². The van der Waals surface area contributed by atoms with Gasteiger partial charge in [0.1, 0.15) is 28.6 Å². The fraction of sp³-hybridized carbons (Fsp3) is 0.200. The van der Waals surface area contributed by atoms with E-state index in [0.717, 1.165) is 12.1 Å². The molecule has 0 aliphatic carbocycles. The monoisotopic (exact) mass is 303 g/mol. The van der Waals surface area contributed by atoms with E-state index in [2.05, 4.69) is 19.9 Å². The highest BCUT2D eigenvalue weighted by molar-refractivity contribution is 7.89. The van der Waals surface area contributed by atoms with Crippen LogP contribution in [0.3, 0.4) is 0 Å². The van der Waals surface area contributed by atoms with Gasteiger partial charge in [0.05, 0.1) is 6.04 Å².